The molecule has 4 rings (SSSR count). The number of hydrogen-bond acceptors (Lipinski definition) is 4. The number of anilines is 1. The van der Waals surface area contributed by atoms with Crippen molar-refractivity contribution in [1.29, 1.82) is 0 Å². The van der Waals surface area contributed by atoms with Crippen LogP contribution in [0.5, 0.6) is 0 Å². The SMILES string of the molecule is CCOC(=O)C1CCCN(C(=O)Cc2cccc(N(Cc3ccc(F)cc3)C(=O)C3CCCC3)c2)C1. The number of halogens is 1. The normalized spacial score (nSPS) is 18.2. The minimum Gasteiger partial charge on any atom is -0.466 e. The number of amides is 2. The van der Waals surface area contributed by atoms with Gasteiger partial charge in [-0.3, -0.25) is 14.4 Å². The molecule has 6 nitrogen and oxygen atoms in total. The van der Waals surface area contributed by atoms with E-state index in [1.165, 1.54) is 12.1 Å². The summed E-state index contributed by atoms with van der Waals surface area (Å²) in [6.45, 7) is 3.48. The molecule has 2 aliphatic rings. The number of piperidine rings is 1. The number of benzene rings is 2. The lowest BCUT2D eigenvalue weighted by atomic mass is 9.97. The number of rotatable bonds is 8. The molecule has 1 aliphatic heterocycles. The summed E-state index contributed by atoms with van der Waals surface area (Å²) in [4.78, 5) is 42.3. The van der Waals surface area contributed by atoms with Gasteiger partial charge in [-0.1, -0.05) is 37.1 Å². The first kappa shape index (κ1) is 25.9. The molecule has 0 radical (unpaired) electrons. The summed E-state index contributed by atoms with van der Waals surface area (Å²) in [6, 6.07) is 13.8. The van der Waals surface area contributed by atoms with Crippen LogP contribution in [0.25, 0.3) is 0 Å². The van der Waals surface area contributed by atoms with Crippen molar-refractivity contribution in [2.45, 2.75) is 58.4 Å². The summed E-state index contributed by atoms with van der Waals surface area (Å²) >= 11 is 0. The molecule has 36 heavy (non-hydrogen) atoms. The van der Waals surface area contributed by atoms with E-state index in [9.17, 15) is 18.8 Å². The Morgan fingerprint density at radius 3 is 2.42 bits per heavy atom. The maximum atomic E-state index is 13.5. The van der Waals surface area contributed by atoms with Gasteiger partial charge >= 0.3 is 5.97 Å². The number of hydrogen-bond donors (Lipinski definition) is 0. The van der Waals surface area contributed by atoms with Crippen LogP contribution in [0.3, 0.4) is 0 Å². The highest BCUT2D eigenvalue weighted by atomic mass is 19.1. The predicted molar refractivity (Wildman–Crippen MR) is 136 cm³/mol. The van der Waals surface area contributed by atoms with Crippen LogP contribution in [0.15, 0.2) is 48.5 Å². The minimum atomic E-state index is -0.309. The van der Waals surface area contributed by atoms with Gasteiger partial charge in [0, 0.05) is 24.7 Å². The summed E-state index contributed by atoms with van der Waals surface area (Å²) in [7, 11) is 0. The number of carbonyl (C=O) groups is 3. The quantitative estimate of drug-likeness (QED) is 0.490. The first-order valence-electron chi connectivity index (χ1n) is 13.0. The van der Waals surface area contributed by atoms with E-state index in [1.807, 2.05) is 24.3 Å². The molecular formula is C29H35FN2O4. The van der Waals surface area contributed by atoms with Gasteiger partial charge in [-0.05, 0) is 68.0 Å². The molecule has 0 spiro atoms. The molecule has 2 aromatic rings. The number of esters is 1. The standard InChI is InChI=1S/C29H35FN2O4/c1-2-36-29(35)24-10-6-16-31(20-24)27(33)18-22-7-5-11-26(17-22)32(28(34)23-8-3-4-9-23)19-21-12-14-25(30)15-13-21/h5,7,11-15,17,23-24H,2-4,6,8-10,16,18-20H2,1H3. The van der Waals surface area contributed by atoms with Crippen LogP contribution >= 0.6 is 0 Å². The monoisotopic (exact) mass is 494 g/mol. The maximum absolute atomic E-state index is 13.5. The van der Waals surface area contributed by atoms with Crippen molar-refractivity contribution in [2.24, 2.45) is 11.8 Å². The zero-order valence-electron chi connectivity index (χ0n) is 21.0. The van der Waals surface area contributed by atoms with Gasteiger partial charge in [0.05, 0.1) is 25.5 Å². The molecular weight excluding hydrogens is 459 g/mol. The van der Waals surface area contributed by atoms with E-state index in [4.69, 9.17) is 4.74 Å². The van der Waals surface area contributed by atoms with E-state index < -0.39 is 0 Å². The van der Waals surface area contributed by atoms with E-state index in [0.717, 1.165) is 55.3 Å². The van der Waals surface area contributed by atoms with E-state index in [0.29, 0.717) is 26.2 Å². The Balaban J connectivity index is 1.49. The van der Waals surface area contributed by atoms with E-state index >= 15 is 0 Å². The van der Waals surface area contributed by atoms with Crippen LogP contribution in [-0.2, 0) is 32.1 Å². The van der Waals surface area contributed by atoms with Crippen LogP contribution in [0.4, 0.5) is 10.1 Å². The number of carbonyl (C=O) groups excluding carboxylic acids is 3. The molecule has 1 saturated carbocycles. The van der Waals surface area contributed by atoms with E-state index in [-0.39, 0.29) is 41.9 Å². The third kappa shape index (κ3) is 6.50. The smallest absolute Gasteiger partial charge is 0.310 e. The number of likely N-dealkylation sites (tertiary alicyclic amines) is 1. The Labute approximate surface area is 212 Å². The summed E-state index contributed by atoms with van der Waals surface area (Å²) in [5.41, 5.74) is 2.41. The molecule has 1 unspecified atom stereocenters. The van der Waals surface area contributed by atoms with Crippen molar-refractivity contribution in [3.63, 3.8) is 0 Å². The van der Waals surface area contributed by atoms with Gasteiger partial charge in [-0.25, -0.2) is 4.39 Å². The minimum absolute atomic E-state index is 0.0103. The molecule has 1 heterocycles. The van der Waals surface area contributed by atoms with Crippen LogP contribution in [0, 0.1) is 17.7 Å². The molecule has 0 bridgehead atoms. The average Bonchev–Trinajstić information content (AvgIpc) is 3.43. The van der Waals surface area contributed by atoms with Crippen molar-refractivity contribution in [3.8, 4) is 0 Å². The third-order valence-electron chi connectivity index (χ3n) is 7.20. The molecule has 1 aliphatic carbocycles. The van der Waals surface area contributed by atoms with Crippen molar-refractivity contribution < 1.29 is 23.5 Å². The van der Waals surface area contributed by atoms with Gasteiger partial charge < -0.3 is 14.5 Å². The van der Waals surface area contributed by atoms with Crippen LogP contribution in [0.2, 0.25) is 0 Å². The molecule has 1 atom stereocenters. The lowest BCUT2D eigenvalue weighted by Crippen LogP contribution is -2.43. The maximum Gasteiger partial charge on any atom is 0.310 e. The van der Waals surface area contributed by atoms with Crippen molar-refractivity contribution >= 4 is 23.5 Å². The van der Waals surface area contributed by atoms with Gasteiger partial charge in [0.1, 0.15) is 5.82 Å². The van der Waals surface area contributed by atoms with Gasteiger partial charge in [-0.15, -0.1) is 0 Å². The Hall–Kier alpha value is -3.22. The van der Waals surface area contributed by atoms with E-state index in [2.05, 4.69) is 0 Å². The molecule has 192 valence electrons. The molecule has 2 fully saturated rings. The largest absolute Gasteiger partial charge is 0.466 e. The first-order valence-corrected chi connectivity index (χ1v) is 13.0. The molecule has 0 aromatic heterocycles. The average molecular weight is 495 g/mol. The highest BCUT2D eigenvalue weighted by Gasteiger charge is 2.30. The summed E-state index contributed by atoms with van der Waals surface area (Å²) in [5, 5.41) is 0. The topological polar surface area (TPSA) is 66.9 Å². The number of ether oxygens (including phenoxy) is 1. The van der Waals surface area contributed by atoms with Gasteiger partial charge in [0.25, 0.3) is 0 Å². The highest BCUT2D eigenvalue weighted by Crippen LogP contribution is 2.30. The molecule has 7 heteroatoms. The fourth-order valence-corrected chi connectivity index (χ4v) is 5.24. The zero-order valence-corrected chi connectivity index (χ0v) is 21.0. The second-order valence-electron chi connectivity index (χ2n) is 9.81. The van der Waals surface area contributed by atoms with Crippen LogP contribution < -0.4 is 4.90 Å². The van der Waals surface area contributed by atoms with Crippen molar-refractivity contribution in [2.75, 3.05) is 24.6 Å². The fourth-order valence-electron chi connectivity index (χ4n) is 5.24. The van der Waals surface area contributed by atoms with Crippen LogP contribution in [0.1, 0.15) is 56.6 Å². The molecule has 2 amide bonds. The van der Waals surface area contributed by atoms with Crippen LogP contribution in [-0.4, -0.2) is 42.4 Å². The second-order valence-corrected chi connectivity index (χ2v) is 9.81. The first-order chi connectivity index (χ1) is 17.4. The van der Waals surface area contributed by atoms with E-state index in [1.54, 1.807) is 28.9 Å². The summed E-state index contributed by atoms with van der Waals surface area (Å²) in [6.07, 6.45) is 5.58. The van der Waals surface area contributed by atoms with Gasteiger partial charge in [-0.2, -0.15) is 0 Å². The molecule has 2 aromatic carbocycles. The number of nitrogens with zero attached hydrogens (tertiary/aromatic N) is 2. The summed E-state index contributed by atoms with van der Waals surface area (Å²) < 4.78 is 18.6. The Morgan fingerprint density at radius 2 is 1.69 bits per heavy atom. The van der Waals surface area contributed by atoms with Gasteiger partial charge in [0.2, 0.25) is 11.8 Å². The summed E-state index contributed by atoms with van der Waals surface area (Å²) in [5.74, 6) is -0.787. The highest BCUT2D eigenvalue weighted by molar-refractivity contribution is 5.95. The van der Waals surface area contributed by atoms with Crippen molar-refractivity contribution in [3.05, 3.63) is 65.5 Å². The lowest BCUT2D eigenvalue weighted by molar-refractivity contribution is -0.151. The third-order valence-corrected chi connectivity index (χ3v) is 7.20. The molecule has 0 N–H and O–H groups in total. The Bertz CT molecular complexity index is 1070. The second kappa shape index (κ2) is 12.2. The lowest BCUT2D eigenvalue weighted by Gasteiger charge is -2.31. The Morgan fingerprint density at radius 1 is 0.972 bits per heavy atom. The fraction of sp³-hybridized carbons (Fsp3) is 0.483. The Kier molecular flexibility index (Phi) is 8.73. The zero-order chi connectivity index (χ0) is 25.5. The molecule has 1 saturated heterocycles. The predicted octanol–water partition coefficient (Wildman–Crippen LogP) is 4.89. The van der Waals surface area contributed by atoms with Gasteiger partial charge in [0.15, 0.2) is 0 Å². The van der Waals surface area contributed by atoms with Crippen molar-refractivity contribution in [1.82, 2.24) is 4.90 Å².